The maximum atomic E-state index is 12.0. The third-order valence-electron chi connectivity index (χ3n) is 2.77. The van der Waals surface area contributed by atoms with Crippen LogP contribution in [-0.2, 0) is 4.79 Å². The van der Waals surface area contributed by atoms with Crippen LogP contribution in [0.2, 0.25) is 0 Å². The Balaban J connectivity index is 2.01. The van der Waals surface area contributed by atoms with E-state index in [0.29, 0.717) is 5.69 Å². The molecule has 0 aliphatic heterocycles. The number of aliphatic hydroxyl groups is 1. The summed E-state index contributed by atoms with van der Waals surface area (Å²) >= 11 is 0. The molecule has 1 atom stereocenters. The van der Waals surface area contributed by atoms with E-state index in [1.165, 1.54) is 0 Å². The number of carbonyl (C=O) groups is 1. The Hall–Kier alpha value is -2.58. The van der Waals surface area contributed by atoms with Gasteiger partial charge in [0, 0.05) is 23.6 Å². The topological polar surface area (TPSA) is 67.2 Å². The predicted molar refractivity (Wildman–Crippen MR) is 76.0 cm³/mol. The van der Waals surface area contributed by atoms with Crippen LogP contribution in [0, 0.1) is 11.8 Å². The Kier molecular flexibility index (Phi) is 4.53. The van der Waals surface area contributed by atoms with Crippen molar-refractivity contribution >= 4 is 11.6 Å². The van der Waals surface area contributed by atoms with Gasteiger partial charge in [-0.15, -0.1) is 0 Å². The van der Waals surface area contributed by atoms with Crippen LogP contribution in [0.1, 0.15) is 18.5 Å². The Morgan fingerprint density at radius 1 is 1.45 bits per heavy atom. The van der Waals surface area contributed by atoms with Crippen LogP contribution in [-0.4, -0.2) is 27.4 Å². The summed E-state index contributed by atoms with van der Waals surface area (Å²) in [7, 11) is 0. The molecule has 0 spiro atoms. The van der Waals surface area contributed by atoms with Gasteiger partial charge in [-0.1, -0.05) is 11.8 Å². The SMILES string of the molecule is CC(C(=O)Nc1ccc(C#CCO)cc1)n1cccn1. The fraction of sp³-hybridized carbons (Fsp3) is 0.200. The molecule has 1 amide bonds. The van der Waals surface area contributed by atoms with E-state index in [1.54, 1.807) is 54.3 Å². The number of anilines is 1. The van der Waals surface area contributed by atoms with Gasteiger partial charge in [-0.2, -0.15) is 5.10 Å². The number of nitrogens with zero attached hydrogens (tertiary/aromatic N) is 2. The van der Waals surface area contributed by atoms with Crippen LogP contribution < -0.4 is 5.32 Å². The van der Waals surface area contributed by atoms with Crippen molar-refractivity contribution in [3.8, 4) is 11.8 Å². The second-order valence-electron chi connectivity index (χ2n) is 4.19. The first-order chi connectivity index (χ1) is 9.70. The lowest BCUT2D eigenvalue weighted by molar-refractivity contribution is -0.119. The van der Waals surface area contributed by atoms with Gasteiger partial charge in [-0.05, 0) is 37.3 Å². The van der Waals surface area contributed by atoms with E-state index in [-0.39, 0.29) is 18.6 Å². The van der Waals surface area contributed by atoms with Crippen LogP contribution >= 0.6 is 0 Å². The van der Waals surface area contributed by atoms with E-state index in [2.05, 4.69) is 22.3 Å². The highest BCUT2D eigenvalue weighted by Crippen LogP contribution is 2.12. The van der Waals surface area contributed by atoms with Gasteiger partial charge in [-0.3, -0.25) is 9.48 Å². The van der Waals surface area contributed by atoms with E-state index in [0.717, 1.165) is 5.56 Å². The molecule has 1 aromatic heterocycles. The van der Waals surface area contributed by atoms with Gasteiger partial charge in [0.25, 0.3) is 0 Å². The van der Waals surface area contributed by atoms with Crippen LogP contribution in [0.4, 0.5) is 5.69 Å². The number of hydrogen-bond donors (Lipinski definition) is 2. The lowest BCUT2D eigenvalue weighted by Gasteiger charge is -2.12. The fourth-order valence-electron chi connectivity index (χ4n) is 1.66. The van der Waals surface area contributed by atoms with Crippen molar-refractivity contribution in [3.05, 3.63) is 48.3 Å². The molecule has 1 heterocycles. The minimum absolute atomic E-state index is 0.136. The number of nitrogens with one attached hydrogen (secondary N) is 1. The number of carbonyl (C=O) groups excluding carboxylic acids is 1. The smallest absolute Gasteiger partial charge is 0.248 e. The van der Waals surface area contributed by atoms with Crippen molar-refractivity contribution < 1.29 is 9.90 Å². The quantitative estimate of drug-likeness (QED) is 0.828. The number of hydrogen-bond acceptors (Lipinski definition) is 3. The third kappa shape index (κ3) is 3.46. The number of benzene rings is 1. The normalized spacial score (nSPS) is 11.3. The summed E-state index contributed by atoms with van der Waals surface area (Å²) in [4.78, 5) is 12.0. The van der Waals surface area contributed by atoms with E-state index >= 15 is 0 Å². The Morgan fingerprint density at radius 3 is 2.80 bits per heavy atom. The molecule has 0 aliphatic rings. The van der Waals surface area contributed by atoms with Crippen molar-refractivity contribution in [1.29, 1.82) is 0 Å². The van der Waals surface area contributed by atoms with Crippen molar-refractivity contribution in [1.82, 2.24) is 9.78 Å². The van der Waals surface area contributed by atoms with Crippen LogP contribution in [0.25, 0.3) is 0 Å². The summed E-state index contributed by atoms with van der Waals surface area (Å²) in [5, 5.41) is 15.5. The second kappa shape index (κ2) is 6.55. The van der Waals surface area contributed by atoms with Gasteiger partial charge in [0.1, 0.15) is 12.6 Å². The maximum absolute atomic E-state index is 12.0. The summed E-state index contributed by atoms with van der Waals surface area (Å²) in [5.41, 5.74) is 1.49. The molecule has 20 heavy (non-hydrogen) atoms. The molecule has 102 valence electrons. The van der Waals surface area contributed by atoms with Gasteiger partial charge in [0.15, 0.2) is 0 Å². The molecular formula is C15H15N3O2. The number of rotatable bonds is 3. The number of amides is 1. The summed E-state index contributed by atoms with van der Waals surface area (Å²) in [5.74, 6) is 5.23. The molecule has 1 unspecified atom stereocenters. The van der Waals surface area contributed by atoms with Crippen molar-refractivity contribution in [2.45, 2.75) is 13.0 Å². The monoisotopic (exact) mass is 269 g/mol. The summed E-state index contributed by atoms with van der Waals surface area (Å²) in [6.45, 7) is 1.61. The zero-order valence-electron chi connectivity index (χ0n) is 11.1. The molecule has 5 heteroatoms. The molecular weight excluding hydrogens is 254 g/mol. The van der Waals surface area contributed by atoms with Crippen molar-refractivity contribution in [2.24, 2.45) is 0 Å². The standard InChI is InChI=1S/C15H15N3O2/c1-12(18-10-3-9-16-18)15(20)17-14-7-5-13(6-8-14)4-2-11-19/h3,5-10,12,19H,11H2,1H3,(H,17,20). The lowest BCUT2D eigenvalue weighted by Crippen LogP contribution is -2.23. The summed E-state index contributed by atoms with van der Waals surface area (Å²) < 4.78 is 1.59. The zero-order chi connectivity index (χ0) is 14.4. The maximum Gasteiger partial charge on any atom is 0.248 e. The van der Waals surface area contributed by atoms with Gasteiger partial charge >= 0.3 is 0 Å². The molecule has 0 aliphatic carbocycles. The first-order valence-corrected chi connectivity index (χ1v) is 6.20. The first kappa shape index (κ1) is 13.8. The van der Waals surface area contributed by atoms with Crippen LogP contribution in [0.5, 0.6) is 0 Å². The van der Waals surface area contributed by atoms with Gasteiger partial charge in [0.2, 0.25) is 5.91 Å². The molecule has 2 rings (SSSR count). The highest BCUT2D eigenvalue weighted by atomic mass is 16.2. The van der Waals surface area contributed by atoms with Gasteiger partial charge < -0.3 is 10.4 Å². The van der Waals surface area contributed by atoms with E-state index in [1.807, 2.05) is 0 Å². The summed E-state index contributed by atoms with van der Waals surface area (Å²) in [6.07, 6.45) is 3.39. The van der Waals surface area contributed by atoms with Gasteiger partial charge in [0.05, 0.1) is 0 Å². The Labute approximate surface area is 117 Å². The molecule has 0 radical (unpaired) electrons. The molecule has 0 saturated heterocycles. The lowest BCUT2D eigenvalue weighted by atomic mass is 10.2. The summed E-state index contributed by atoms with van der Waals surface area (Å²) in [6, 6.07) is 8.52. The third-order valence-corrected chi connectivity index (χ3v) is 2.77. The average molecular weight is 269 g/mol. The molecule has 0 bridgehead atoms. The largest absolute Gasteiger partial charge is 0.384 e. The molecule has 0 saturated carbocycles. The first-order valence-electron chi connectivity index (χ1n) is 6.20. The number of aliphatic hydroxyl groups excluding tert-OH is 1. The van der Waals surface area contributed by atoms with E-state index in [9.17, 15) is 4.79 Å². The fourth-order valence-corrected chi connectivity index (χ4v) is 1.66. The number of aromatic nitrogens is 2. The zero-order valence-corrected chi connectivity index (χ0v) is 11.1. The van der Waals surface area contributed by atoms with Crippen LogP contribution in [0.3, 0.4) is 0 Å². The van der Waals surface area contributed by atoms with Crippen LogP contribution in [0.15, 0.2) is 42.7 Å². The Bertz CT molecular complexity index is 621. The van der Waals surface area contributed by atoms with Gasteiger partial charge in [-0.25, -0.2) is 0 Å². The molecule has 1 aromatic carbocycles. The van der Waals surface area contributed by atoms with Crippen molar-refractivity contribution in [2.75, 3.05) is 11.9 Å². The molecule has 2 N–H and O–H groups in total. The highest BCUT2D eigenvalue weighted by Gasteiger charge is 2.14. The highest BCUT2D eigenvalue weighted by molar-refractivity contribution is 5.93. The van der Waals surface area contributed by atoms with Crippen molar-refractivity contribution in [3.63, 3.8) is 0 Å². The van der Waals surface area contributed by atoms with E-state index in [4.69, 9.17) is 5.11 Å². The molecule has 0 fully saturated rings. The minimum atomic E-state index is -0.376. The van der Waals surface area contributed by atoms with E-state index < -0.39 is 0 Å². The molecule has 2 aromatic rings. The predicted octanol–water partition coefficient (Wildman–Crippen LogP) is 1.43. The molecule has 5 nitrogen and oxygen atoms in total. The Morgan fingerprint density at radius 2 is 2.20 bits per heavy atom. The second-order valence-corrected chi connectivity index (χ2v) is 4.19. The minimum Gasteiger partial charge on any atom is -0.384 e. The average Bonchev–Trinajstić information content (AvgIpc) is 3.00.